The Balaban J connectivity index is 2.01. The number of likely N-dealkylation sites (tertiary alicyclic amines) is 1. The highest BCUT2D eigenvalue weighted by Gasteiger charge is 2.52. The van der Waals surface area contributed by atoms with Gasteiger partial charge in [-0.25, -0.2) is 0 Å². The number of nitrogens with zero attached hydrogens (tertiary/aromatic N) is 4. The quantitative estimate of drug-likeness (QED) is 0.770. The van der Waals surface area contributed by atoms with Crippen LogP contribution in [-0.4, -0.2) is 85.0 Å². The molecular formula is C24H28N4O3. The van der Waals surface area contributed by atoms with Crippen molar-refractivity contribution in [3.8, 4) is 17.2 Å². The van der Waals surface area contributed by atoms with E-state index in [1.165, 1.54) is 9.80 Å². The van der Waals surface area contributed by atoms with E-state index in [1.807, 2.05) is 42.5 Å². The molecule has 2 aromatic carbocycles. The van der Waals surface area contributed by atoms with Crippen molar-refractivity contribution < 1.29 is 14.7 Å². The zero-order valence-electron chi connectivity index (χ0n) is 18.3. The van der Waals surface area contributed by atoms with Gasteiger partial charge in [-0.1, -0.05) is 36.4 Å². The van der Waals surface area contributed by atoms with Gasteiger partial charge >= 0.3 is 0 Å². The van der Waals surface area contributed by atoms with Crippen molar-refractivity contribution in [1.82, 2.24) is 14.7 Å². The van der Waals surface area contributed by atoms with Crippen LogP contribution < -0.4 is 0 Å². The Morgan fingerprint density at radius 2 is 1.81 bits per heavy atom. The molecule has 1 N–H and O–H groups in total. The van der Waals surface area contributed by atoms with Crippen LogP contribution in [0.5, 0.6) is 0 Å². The number of hydrogen-bond donors (Lipinski definition) is 1. The lowest BCUT2D eigenvalue weighted by Gasteiger charge is -2.52. The SMILES string of the molecule is CN(C)CC(=O)N1[C@H](C#N)[C@H](c2ccccc2-c2cccc(C(=O)N(C)C)c2)[C@@H]1CO. The van der Waals surface area contributed by atoms with Gasteiger partial charge in [-0.05, 0) is 42.9 Å². The van der Waals surface area contributed by atoms with Crippen molar-refractivity contribution in [3.63, 3.8) is 0 Å². The highest BCUT2D eigenvalue weighted by Crippen LogP contribution is 2.44. The molecular weight excluding hydrogens is 392 g/mol. The van der Waals surface area contributed by atoms with Gasteiger partial charge in [0, 0.05) is 25.6 Å². The van der Waals surface area contributed by atoms with Crippen molar-refractivity contribution in [2.24, 2.45) is 0 Å². The first-order valence-electron chi connectivity index (χ1n) is 10.2. The van der Waals surface area contributed by atoms with Crippen LogP contribution in [-0.2, 0) is 4.79 Å². The van der Waals surface area contributed by atoms with Crippen LogP contribution in [0.2, 0.25) is 0 Å². The molecule has 0 saturated carbocycles. The van der Waals surface area contributed by atoms with Crippen molar-refractivity contribution in [1.29, 1.82) is 5.26 Å². The molecule has 0 radical (unpaired) electrons. The Hall–Kier alpha value is -3.21. The molecule has 2 aromatic rings. The van der Waals surface area contributed by atoms with Gasteiger partial charge in [-0.3, -0.25) is 9.59 Å². The lowest BCUT2D eigenvalue weighted by molar-refractivity contribution is -0.147. The number of carbonyl (C=O) groups is 2. The average Bonchev–Trinajstić information content (AvgIpc) is 2.73. The van der Waals surface area contributed by atoms with Crippen LogP contribution in [0.15, 0.2) is 48.5 Å². The minimum absolute atomic E-state index is 0.0911. The van der Waals surface area contributed by atoms with E-state index in [0.29, 0.717) is 5.56 Å². The van der Waals surface area contributed by atoms with Gasteiger partial charge in [0.25, 0.3) is 5.91 Å². The van der Waals surface area contributed by atoms with E-state index >= 15 is 0 Å². The Morgan fingerprint density at radius 1 is 1.10 bits per heavy atom. The maximum atomic E-state index is 12.7. The summed E-state index contributed by atoms with van der Waals surface area (Å²) >= 11 is 0. The van der Waals surface area contributed by atoms with Crippen molar-refractivity contribution in [2.75, 3.05) is 41.3 Å². The number of rotatable bonds is 6. The molecule has 7 heteroatoms. The Bertz CT molecular complexity index is 1010. The van der Waals surface area contributed by atoms with Crippen LogP contribution >= 0.6 is 0 Å². The molecule has 1 aliphatic rings. The van der Waals surface area contributed by atoms with Gasteiger partial charge in [-0.2, -0.15) is 5.26 Å². The third-order valence-electron chi connectivity index (χ3n) is 5.62. The maximum absolute atomic E-state index is 12.7. The van der Waals surface area contributed by atoms with E-state index in [4.69, 9.17) is 0 Å². The number of likely N-dealkylation sites (N-methyl/N-ethyl adjacent to an activating group) is 1. The number of aliphatic hydroxyl groups is 1. The molecule has 3 rings (SSSR count). The fraction of sp³-hybridized carbons (Fsp3) is 0.375. The second-order valence-corrected chi connectivity index (χ2v) is 8.26. The molecule has 0 unspecified atom stereocenters. The van der Waals surface area contributed by atoms with Crippen molar-refractivity contribution in [3.05, 3.63) is 59.7 Å². The minimum atomic E-state index is -0.655. The van der Waals surface area contributed by atoms with Crippen LogP contribution in [0.25, 0.3) is 11.1 Å². The topological polar surface area (TPSA) is 87.9 Å². The monoisotopic (exact) mass is 420 g/mol. The van der Waals surface area contributed by atoms with E-state index in [2.05, 4.69) is 6.07 Å². The molecule has 1 aliphatic heterocycles. The summed E-state index contributed by atoms with van der Waals surface area (Å²) in [5.41, 5.74) is 3.20. The molecule has 162 valence electrons. The Morgan fingerprint density at radius 3 is 2.42 bits per heavy atom. The first kappa shape index (κ1) is 22.5. The van der Waals surface area contributed by atoms with E-state index < -0.39 is 12.1 Å². The van der Waals surface area contributed by atoms with E-state index in [1.54, 1.807) is 39.2 Å². The summed E-state index contributed by atoms with van der Waals surface area (Å²) in [5, 5.41) is 19.9. The highest BCUT2D eigenvalue weighted by molar-refractivity contribution is 5.95. The zero-order valence-corrected chi connectivity index (χ0v) is 18.3. The van der Waals surface area contributed by atoms with Crippen LogP contribution in [0.1, 0.15) is 21.8 Å². The van der Waals surface area contributed by atoms with Crippen LogP contribution in [0.4, 0.5) is 0 Å². The molecule has 1 fully saturated rings. The summed E-state index contributed by atoms with van der Waals surface area (Å²) in [6.07, 6.45) is 0. The summed E-state index contributed by atoms with van der Waals surface area (Å²) in [6.45, 7) is -0.0484. The third-order valence-corrected chi connectivity index (χ3v) is 5.62. The maximum Gasteiger partial charge on any atom is 0.253 e. The summed E-state index contributed by atoms with van der Waals surface area (Å²) in [5.74, 6) is -0.583. The standard InChI is InChI=1S/C24H28N4O3/c1-26(2)14-22(30)28-20(13-25)23(21(28)15-29)19-11-6-5-10-18(19)16-8-7-9-17(12-16)24(31)27(3)4/h5-12,20-21,23,29H,14-15H2,1-4H3/t20-,21+,23+/m1/s1. The summed E-state index contributed by atoms with van der Waals surface area (Å²) in [4.78, 5) is 29.9. The molecule has 2 amide bonds. The lowest BCUT2D eigenvalue weighted by Crippen LogP contribution is -2.66. The average molecular weight is 421 g/mol. The molecule has 0 aliphatic carbocycles. The zero-order chi connectivity index (χ0) is 22.7. The predicted octanol–water partition coefficient (Wildman–Crippen LogP) is 1.80. The number of hydrogen-bond acceptors (Lipinski definition) is 5. The summed E-state index contributed by atoms with van der Waals surface area (Å²) in [7, 11) is 7.00. The number of amides is 2. The van der Waals surface area contributed by atoms with Crippen molar-refractivity contribution >= 4 is 11.8 Å². The first-order chi connectivity index (χ1) is 14.8. The molecule has 0 bridgehead atoms. The van der Waals surface area contributed by atoms with E-state index in [0.717, 1.165) is 16.7 Å². The molecule has 1 heterocycles. The largest absolute Gasteiger partial charge is 0.394 e. The van der Waals surface area contributed by atoms with Gasteiger partial charge < -0.3 is 19.8 Å². The fourth-order valence-corrected chi connectivity index (χ4v) is 4.20. The highest BCUT2D eigenvalue weighted by atomic mass is 16.3. The minimum Gasteiger partial charge on any atom is -0.394 e. The Labute approximate surface area is 183 Å². The molecule has 7 nitrogen and oxygen atoms in total. The van der Waals surface area contributed by atoms with Crippen molar-refractivity contribution in [2.45, 2.75) is 18.0 Å². The Kier molecular flexibility index (Phi) is 6.74. The predicted molar refractivity (Wildman–Crippen MR) is 118 cm³/mol. The molecule has 1 saturated heterocycles. The number of carbonyl (C=O) groups excluding carboxylic acids is 2. The van der Waals surface area contributed by atoms with Gasteiger partial charge in [-0.15, -0.1) is 0 Å². The van der Waals surface area contributed by atoms with E-state index in [-0.39, 0.29) is 30.9 Å². The summed E-state index contributed by atoms with van der Waals surface area (Å²) in [6, 6.07) is 16.2. The molecule has 3 atom stereocenters. The van der Waals surface area contributed by atoms with Gasteiger partial charge in [0.2, 0.25) is 5.91 Å². The normalized spacial score (nSPS) is 20.2. The smallest absolute Gasteiger partial charge is 0.253 e. The second-order valence-electron chi connectivity index (χ2n) is 8.26. The number of benzene rings is 2. The number of aliphatic hydroxyl groups excluding tert-OH is 1. The third kappa shape index (κ3) is 4.31. The first-order valence-corrected chi connectivity index (χ1v) is 10.2. The van der Waals surface area contributed by atoms with Crippen LogP contribution in [0.3, 0.4) is 0 Å². The summed E-state index contributed by atoms with van der Waals surface area (Å²) < 4.78 is 0. The van der Waals surface area contributed by atoms with Gasteiger partial charge in [0.15, 0.2) is 0 Å². The molecule has 31 heavy (non-hydrogen) atoms. The van der Waals surface area contributed by atoms with Crippen LogP contribution in [0, 0.1) is 11.3 Å². The van der Waals surface area contributed by atoms with E-state index in [9.17, 15) is 20.0 Å². The van der Waals surface area contributed by atoms with Gasteiger partial charge in [0.1, 0.15) is 6.04 Å². The second kappa shape index (κ2) is 9.29. The number of nitriles is 1. The fourth-order valence-electron chi connectivity index (χ4n) is 4.20. The molecule has 0 aromatic heterocycles. The van der Waals surface area contributed by atoms with Gasteiger partial charge in [0.05, 0.1) is 25.3 Å². The lowest BCUT2D eigenvalue weighted by atomic mass is 9.73. The molecule has 0 spiro atoms.